The van der Waals surface area contributed by atoms with E-state index in [2.05, 4.69) is 20.6 Å². The molecule has 0 aromatic carbocycles. The average Bonchev–Trinajstić information content (AvgIpc) is 2.12. The molecule has 0 saturated carbocycles. The molecular weight excluding hydrogens is 204 g/mol. The molecule has 76 valence electrons. The van der Waals surface area contributed by atoms with Gasteiger partial charge in [-0.15, -0.1) is 0 Å². The number of aromatic nitrogens is 2. The lowest BCUT2D eigenvalue weighted by atomic mass is 10.5. The van der Waals surface area contributed by atoms with Crippen molar-refractivity contribution in [2.45, 2.75) is 6.92 Å². The van der Waals surface area contributed by atoms with Gasteiger partial charge in [0.25, 0.3) is 0 Å². The number of halogens is 1. The maximum atomic E-state index is 10.9. The molecular formula is C8H11ClN4O. The highest BCUT2D eigenvalue weighted by atomic mass is 35.5. The van der Waals surface area contributed by atoms with Crippen molar-refractivity contribution in [3.05, 3.63) is 17.0 Å². The molecule has 0 saturated heterocycles. The second-order valence-corrected chi connectivity index (χ2v) is 3.04. The summed E-state index contributed by atoms with van der Waals surface area (Å²) in [6.45, 7) is 1.90. The molecule has 1 amide bonds. The van der Waals surface area contributed by atoms with Gasteiger partial charge in [-0.25, -0.2) is 9.97 Å². The number of rotatable bonds is 3. The van der Waals surface area contributed by atoms with Gasteiger partial charge < -0.3 is 10.6 Å². The van der Waals surface area contributed by atoms with E-state index >= 15 is 0 Å². The van der Waals surface area contributed by atoms with Crippen LogP contribution in [-0.4, -0.2) is 29.5 Å². The van der Waals surface area contributed by atoms with Gasteiger partial charge >= 0.3 is 0 Å². The molecule has 1 aromatic heterocycles. The number of carbonyl (C=O) groups excluding carboxylic acids is 1. The molecule has 1 rings (SSSR count). The van der Waals surface area contributed by atoms with Crippen LogP contribution in [0.25, 0.3) is 0 Å². The molecule has 0 aliphatic rings. The van der Waals surface area contributed by atoms with Crippen LogP contribution in [0.5, 0.6) is 0 Å². The zero-order valence-corrected chi connectivity index (χ0v) is 8.72. The zero-order chi connectivity index (χ0) is 10.6. The zero-order valence-electron chi connectivity index (χ0n) is 7.97. The molecule has 14 heavy (non-hydrogen) atoms. The van der Waals surface area contributed by atoms with Crippen LogP contribution in [0.15, 0.2) is 6.07 Å². The monoisotopic (exact) mass is 214 g/mol. The van der Waals surface area contributed by atoms with Gasteiger partial charge in [0.2, 0.25) is 5.91 Å². The third kappa shape index (κ3) is 3.18. The van der Waals surface area contributed by atoms with E-state index in [9.17, 15) is 4.79 Å². The van der Waals surface area contributed by atoms with E-state index < -0.39 is 0 Å². The molecule has 0 fully saturated rings. The van der Waals surface area contributed by atoms with E-state index in [0.29, 0.717) is 16.8 Å². The van der Waals surface area contributed by atoms with Gasteiger partial charge in [0.15, 0.2) is 0 Å². The van der Waals surface area contributed by atoms with Crippen molar-refractivity contribution in [2.75, 3.05) is 18.9 Å². The van der Waals surface area contributed by atoms with Crippen LogP contribution in [0, 0.1) is 6.92 Å². The molecule has 6 heteroatoms. The van der Waals surface area contributed by atoms with Gasteiger partial charge in [-0.1, -0.05) is 11.6 Å². The van der Waals surface area contributed by atoms with Crippen molar-refractivity contribution in [3.63, 3.8) is 0 Å². The van der Waals surface area contributed by atoms with E-state index in [1.807, 2.05) is 0 Å². The highest BCUT2D eigenvalue weighted by Gasteiger charge is 2.01. The fraction of sp³-hybridized carbons (Fsp3) is 0.375. The summed E-state index contributed by atoms with van der Waals surface area (Å²) in [5.41, 5.74) is 0. The summed E-state index contributed by atoms with van der Waals surface area (Å²) < 4.78 is 0. The van der Waals surface area contributed by atoms with Gasteiger partial charge in [-0.05, 0) is 6.92 Å². The van der Waals surface area contributed by atoms with Crippen LogP contribution in [0.4, 0.5) is 5.82 Å². The molecule has 2 N–H and O–H groups in total. The second-order valence-electron chi connectivity index (χ2n) is 2.65. The molecule has 1 heterocycles. The standard InChI is InChI=1S/C8H11ClN4O/c1-5-12-6(9)3-7(13-5)11-4-8(14)10-2/h3H,4H2,1-2H3,(H,10,14)(H,11,12,13). The molecule has 0 atom stereocenters. The number of nitrogens with one attached hydrogen (secondary N) is 2. The van der Waals surface area contributed by atoms with E-state index in [0.717, 1.165) is 0 Å². The minimum atomic E-state index is -0.114. The van der Waals surface area contributed by atoms with Crippen LogP contribution < -0.4 is 10.6 Å². The number of aryl methyl sites for hydroxylation is 1. The SMILES string of the molecule is CNC(=O)CNc1cc(Cl)nc(C)n1. The maximum absolute atomic E-state index is 10.9. The lowest BCUT2D eigenvalue weighted by molar-refractivity contribution is -0.118. The largest absolute Gasteiger partial charge is 0.361 e. The van der Waals surface area contributed by atoms with Crippen molar-refractivity contribution in [2.24, 2.45) is 0 Å². The Morgan fingerprint density at radius 2 is 2.29 bits per heavy atom. The van der Waals surface area contributed by atoms with E-state index in [4.69, 9.17) is 11.6 Å². The van der Waals surface area contributed by atoms with E-state index in [-0.39, 0.29) is 12.5 Å². The smallest absolute Gasteiger partial charge is 0.239 e. The van der Waals surface area contributed by atoms with Crippen molar-refractivity contribution < 1.29 is 4.79 Å². The van der Waals surface area contributed by atoms with Gasteiger partial charge in [-0.3, -0.25) is 4.79 Å². The first-order chi connectivity index (χ1) is 6.61. The van der Waals surface area contributed by atoms with Gasteiger partial charge in [0.1, 0.15) is 16.8 Å². The number of hydrogen-bond donors (Lipinski definition) is 2. The summed E-state index contributed by atoms with van der Waals surface area (Å²) in [6.07, 6.45) is 0. The maximum Gasteiger partial charge on any atom is 0.239 e. The van der Waals surface area contributed by atoms with Crippen LogP contribution in [0.3, 0.4) is 0 Å². The Bertz CT molecular complexity index is 322. The Labute approximate surface area is 86.9 Å². The number of nitrogens with zero attached hydrogens (tertiary/aromatic N) is 2. The Balaban J connectivity index is 2.63. The summed E-state index contributed by atoms with van der Waals surface area (Å²) in [5.74, 6) is 1.00. The average molecular weight is 215 g/mol. The van der Waals surface area contributed by atoms with Crippen LogP contribution in [-0.2, 0) is 4.79 Å². The molecule has 0 aliphatic heterocycles. The predicted octanol–water partition coefficient (Wildman–Crippen LogP) is 0.596. The highest BCUT2D eigenvalue weighted by molar-refractivity contribution is 6.29. The third-order valence-corrected chi connectivity index (χ3v) is 1.71. The Hall–Kier alpha value is -1.36. The number of amides is 1. The van der Waals surface area contributed by atoms with E-state index in [1.54, 1.807) is 20.0 Å². The molecule has 0 aliphatic carbocycles. The first-order valence-electron chi connectivity index (χ1n) is 4.07. The van der Waals surface area contributed by atoms with Crippen LogP contribution >= 0.6 is 11.6 Å². The normalized spacial score (nSPS) is 9.64. The summed E-state index contributed by atoms with van der Waals surface area (Å²) in [6, 6.07) is 1.57. The van der Waals surface area contributed by atoms with Crippen molar-refractivity contribution in [1.29, 1.82) is 0 Å². The fourth-order valence-corrected chi connectivity index (χ4v) is 1.11. The summed E-state index contributed by atoms with van der Waals surface area (Å²) in [5, 5.41) is 5.67. The fourth-order valence-electron chi connectivity index (χ4n) is 0.881. The van der Waals surface area contributed by atoms with Crippen molar-refractivity contribution >= 4 is 23.3 Å². The lowest BCUT2D eigenvalue weighted by Gasteiger charge is -2.05. The van der Waals surface area contributed by atoms with Crippen molar-refractivity contribution in [1.82, 2.24) is 15.3 Å². The Morgan fingerprint density at radius 1 is 1.57 bits per heavy atom. The number of likely N-dealkylation sites (N-methyl/N-ethyl adjacent to an activating group) is 1. The topological polar surface area (TPSA) is 66.9 Å². The summed E-state index contributed by atoms with van der Waals surface area (Å²) in [4.78, 5) is 18.9. The molecule has 0 radical (unpaired) electrons. The second kappa shape index (κ2) is 4.76. The molecule has 0 unspecified atom stereocenters. The van der Waals surface area contributed by atoms with Crippen LogP contribution in [0.1, 0.15) is 5.82 Å². The van der Waals surface area contributed by atoms with E-state index in [1.165, 1.54) is 0 Å². The minimum absolute atomic E-state index is 0.114. The number of hydrogen-bond acceptors (Lipinski definition) is 4. The van der Waals surface area contributed by atoms with Gasteiger partial charge in [0.05, 0.1) is 6.54 Å². The van der Waals surface area contributed by atoms with Gasteiger partial charge in [-0.2, -0.15) is 0 Å². The van der Waals surface area contributed by atoms with Crippen molar-refractivity contribution in [3.8, 4) is 0 Å². The number of carbonyl (C=O) groups is 1. The molecule has 5 nitrogen and oxygen atoms in total. The third-order valence-electron chi connectivity index (χ3n) is 1.52. The lowest BCUT2D eigenvalue weighted by Crippen LogP contribution is -2.26. The Morgan fingerprint density at radius 3 is 2.86 bits per heavy atom. The summed E-state index contributed by atoms with van der Waals surface area (Å²) in [7, 11) is 1.57. The predicted molar refractivity (Wildman–Crippen MR) is 54.3 cm³/mol. The first kappa shape index (κ1) is 10.7. The minimum Gasteiger partial charge on any atom is -0.361 e. The molecule has 1 aromatic rings. The number of anilines is 1. The summed E-state index contributed by atoms with van der Waals surface area (Å²) >= 11 is 5.71. The molecule has 0 bridgehead atoms. The van der Waals surface area contributed by atoms with Crippen LogP contribution in [0.2, 0.25) is 5.15 Å². The molecule has 0 spiro atoms. The van der Waals surface area contributed by atoms with Gasteiger partial charge in [0, 0.05) is 13.1 Å². The Kier molecular flexibility index (Phi) is 3.64. The first-order valence-corrected chi connectivity index (χ1v) is 4.45. The highest BCUT2D eigenvalue weighted by Crippen LogP contribution is 2.10. The quantitative estimate of drug-likeness (QED) is 0.723.